The lowest BCUT2D eigenvalue weighted by Crippen LogP contribution is -2.05. The largest absolute Gasteiger partial charge is 0.487 e. The van der Waals surface area contributed by atoms with Crippen molar-refractivity contribution in [3.63, 3.8) is 0 Å². The number of rotatable bonds is 6. The maximum absolute atomic E-state index is 12.4. The van der Waals surface area contributed by atoms with Crippen molar-refractivity contribution >= 4 is 38.9 Å². The summed E-state index contributed by atoms with van der Waals surface area (Å²) in [6, 6.07) is 14.8. The number of ether oxygens (including phenoxy) is 2. The molecule has 2 aromatic heterocycles. The lowest BCUT2D eigenvalue weighted by atomic mass is 10.2. The zero-order chi connectivity index (χ0) is 18.6. The Balaban J connectivity index is 1.38. The molecular formula is C20H16N2O3S2. The van der Waals surface area contributed by atoms with Crippen molar-refractivity contribution < 1.29 is 14.3 Å². The van der Waals surface area contributed by atoms with Crippen molar-refractivity contribution in [2.75, 3.05) is 0 Å². The van der Waals surface area contributed by atoms with E-state index in [-0.39, 0.29) is 6.61 Å². The highest BCUT2D eigenvalue weighted by molar-refractivity contribution is 7.18. The molecule has 0 aliphatic carbocycles. The molecule has 0 aliphatic rings. The van der Waals surface area contributed by atoms with E-state index in [1.165, 1.54) is 11.3 Å². The monoisotopic (exact) mass is 396 g/mol. The fraction of sp³-hybridized carbons (Fsp3) is 0.150. The molecule has 2 heterocycles. The minimum Gasteiger partial charge on any atom is -0.487 e. The van der Waals surface area contributed by atoms with Crippen LogP contribution in [0.5, 0.6) is 5.75 Å². The van der Waals surface area contributed by atoms with Crippen molar-refractivity contribution in [3.05, 3.63) is 75.2 Å². The van der Waals surface area contributed by atoms with Crippen LogP contribution in [0.2, 0.25) is 0 Å². The van der Waals surface area contributed by atoms with Crippen molar-refractivity contribution in [2.45, 2.75) is 20.1 Å². The predicted molar refractivity (Wildman–Crippen MR) is 106 cm³/mol. The fourth-order valence-electron chi connectivity index (χ4n) is 2.54. The van der Waals surface area contributed by atoms with E-state index in [4.69, 9.17) is 9.47 Å². The molecular weight excluding hydrogens is 380 g/mol. The van der Waals surface area contributed by atoms with Gasteiger partial charge in [-0.3, -0.25) is 0 Å². The summed E-state index contributed by atoms with van der Waals surface area (Å²) in [4.78, 5) is 21.2. The van der Waals surface area contributed by atoms with Crippen LogP contribution in [0.15, 0.2) is 53.9 Å². The van der Waals surface area contributed by atoms with E-state index in [0.29, 0.717) is 17.9 Å². The van der Waals surface area contributed by atoms with Gasteiger partial charge in [-0.05, 0) is 37.3 Å². The van der Waals surface area contributed by atoms with E-state index < -0.39 is 5.97 Å². The van der Waals surface area contributed by atoms with Crippen molar-refractivity contribution in [3.8, 4) is 5.75 Å². The normalized spacial score (nSPS) is 10.9. The molecule has 27 heavy (non-hydrogen) atoms. The standard InChI is InChI=1S/C20H16N2O3S2/c1-13-21-15(12-26-13)10-24-16-6-4-5-14(9-16)20(23)25-11-19-22-17-7-2-3-8-18(17)27-19/h2-9,12H,10-11H2,1H3. The molecule has 0 saturated heterocycles. The van der Waals surface area contributed by atoms with Crippen LogP contribution in [0, 0.1) is 6.92 Å². The Morgan fingerprint density at radius 1 is 1.07 bits per heavy atom. The molecule has 0 fully saturated rings. The van der Waals surface area contributed by atoms with Gasteiger partial charge < -0.3 is 9.47 Å². The molecule has 0 atom stereocenters. The number of fused-ring (bicyclic) bond motifs is 1. The van der Waals surface area contributed by atoms with E-state index in [9.17, 15) is 4.79 Å². The van der Waals surface area contributed by atoms with Gasteiger partial charge in [0.15, 0.2) is 0 Å². The number of para-hydroxylation sites is 1. The Bertz CT molecular complexity index is 1050. The molecule has 0 spiro atoms. The number of benzene rings is 2. The van der Waals surface area contributed by atoms with Crippen LogP contribution in [0.4, 0.5) is 0 Å². The number of aryl methyl sites for hydroxylation is 1. The van der Waals surface area contributed by atoms with E-state index in [2.05, 4.69) is 9.97 Å². The average Bonchev–Trinajstić information content (AvgIpc) is 3.30. The highest BCUT2D eigenvalue weighted by Crippen LogP contribution is 2.23. The zero-order valence-corrected chi connectivity index (χ0v) is 16.2. The third kappa shape index (κ3) is 4.32. The van der Waals surface area contributed by atoms with E-state index in [1.807, 2.05) is 42.6 Å². The summed E-state index contributed by atoms with van der Waals surface area (Å²) in [6.07, 6.45) is 0. The van der Waals surface area contributed by atoms with Crippen LogP contribution in [-0.2, 0) is 18.0 Å². The smallest absolute Gasteiger partial charge is 0.338 e. The Morgan fingerprint density at radius 3 is 2.78 bits per heavy atom. The molecule has 0 N–H and O–H groups in total. The van der Waals surface area contributed by atoms with Crippen LogP contribution in [0.3, 0.4) is 0 Å². The number of thiazole rings is 2. The van der Waals surface area contributed by atoms with Gasteiger partial charge in [-0.15, -0.1) is 22.7 Å². The summed E-state index contributed by atoms with van der Waals surface area (Å²) in [6.45, 7) is 2.48. The summed E-state index contributed by atoms with van der Waals surface area (Å²) >= 11 is 3.11. The molecule has 4 rings (SSSR count). The molecule has 7 heteroatoms. The Morgan fingerprint density at radius 2 is 1.96 bits per heavy atom. The first-order chi connectivity index (χ1) is 13.2. The molecule has 0 radical (unpaired) electrons. The van der Waals surface area contributed by atoms with Crippen LogP contribution < -0.4 is 4.74 Å². The highest BCUT2D eigenvalue weighted by atomic mass is 32.1. The van der Waals surface area contributed by atoms with Crippen molar-refractivity contribution in [1.29, 1.82) is 0 Å². The SMILES string of the molecule is Cc1nc(COc2cccc(C(=O)OCc3nc4ccccc4s3)c2)cs1. The summed E-state index contributed by atoms with van der Waals surface area (Å²) in [5.74, 6) is 0.208. The second-order valence-corrected chi connectivity index (χ2v) is 8.00. The Kier molecular flexibility index (Phi) is 5.13. The van der Waals surface area contributed by atoms with Gasteiger partial charge in [-0.25, -0.2) is 14.8 Å². The van der Waals surface area contributed by atoms with Gasteiger partial charge in [-0.2, -0.15) is 0 Å². The molecule has 0 amide bonds. The zero-order valence-electron chi connectivity index (χ0n) is 14.5. The quantitative estimate of drug-likeness (QED) is 0.429. The third-order valence-electron chi connectivity index (χ3n) is 3.79. The van der Waals surface area contributed by atoms with E-state index in [1.54, 1.807) is 29.5 Å². The molecule has 4 aromatic rings. The van der Waals surface area contributed by atoms with Gasteiger partial charge in [0, 0.05) is 5.38 Å². The van der Waals surface area contributed by atoms with E-state index >= 15 is 0 Å². The summed E-state index contributed by atoms with van der Waals surface area (Å²) in [7, 11) is 0. The first kappa shape index (κ1) is 17.6. The number of esters is 1. The second-order valence-electron chi connectivity index (χ2n) is 5.83. The minimum absolute atomic E-state index is 0.154. The van der Waals surface area contributed by atoms with Gasteiger partial charge in [0.2, 0.25) is 0 Å². The van der Waals surface area contributed by atoms with Gasteiger partial charge in [0.1, 0.15) is 24.0 Å². The first-order valence-electron chi connectivity index (χ1n) is 8.33. The van der Waals surface area contributed by atoms with Crippen molar-refractivity contribution in [2.24, 2.45) is 0 Å². The van der Waals surface area contributed by atoms with Crippen LogP contribution in [0.1, 0.15) is 26.1 Å². The molecule has 0 aliphatic heterocycles. The average molecular weight is 396 g/mol. The second kappa shape index (κ2) is 7.85. The molecule has 5 nitrogen and oxygen atoms in total. The number of aromatic nitrogens is 2. The summed E-state index contributed by atoms with van der Waals surface area (Å²) in [5.41, 5.74) is 2.24. The van der Waals surface area contributed by atoms with Crippen LogP contribution in [-0.4, -0.2) is 15.9 Å². The number of carbonyl (C=O) groups is 1. The molecule has 2 aromatic carbocycles. The summed E-state index contributed by atoms with van der Waals surface area (Å²) in [5, 5.41) is 3.74. The number of carbonyl (C=O) groups excluding carboxylic acids is 1. The highest BCUT2D eigenvalue weighted by Gasteiger charge is 2.11. The topological polar surface area (TPSA) is 61.3 Å². The van der Waals surface area contributed by atoms with Gasteiger partial charge in [-0.1, -0.05) is 18.2 Å². The Labute approximate surface area is 164 Å². The third-order valence-corrected chi connectivity index (χ3v) is 5.62. The van der Waals surface area contributed by atoms with Gasteiger partial charge >= 0.3 is 5.97 Å². The molecule has 0 bridgehead atoms. The fourth-order valence-corrected chi connectivity index (χ4v) is 4.01. The molecule has 0 saturated carbocycles. The number of hydrogen-bond donors (Lipinski definition) is 0. The predicted octanol–water partition coefficient (Wildman–Crippen LogP) is 5.00. The van der Waals surface area contributed by atoms with Gasteiger partial charge in [0.05, 0.1) is 26.5 Å². The minimum atomic E-state index is -0.399. The van der Waals surface area contributed by atoms with Crippen molar-refractivity contribution in [1.82, 2.24) is 9.97 Å². The van der Waals surface area contributed by atoms with Gasteiger partial charge in [0.25, 0.3) is 0 Å². The first-order valence-corrected chi connectivity index (χ1v) is 10.0. The molecule has 136 valence electrons. The van der Waals surface area contributed by atoms with Crippen LogP contribution in [0.25, 0.3) is 10.2 Å². The number of hydrogen-bond acceptors (Lipinski definition) is 7. The van der Waals surface area contributed by atoms with E-state index in [0.717, 1.165) is 25.9 Å². The van der Waals surface area contributed by atoms with Crippen LogP contribution >= 0.6 is 22.7 Å². The number of nitrogens with zero attached hydrogens (tertiary/aromatic N) is 2. The maximum Gasteiger partial charge on any atom is 0.338 e. The lowest BCUT2D eigenvalue weighted by molar-refractivity contribution is 0.0472. The Hall–Kier alpha value is -2.77. The lowest BCUT2D eigenvalue weighted by Gasteiger charge is -2.07. The molecule has 0 unspecified atom stereocenters. The summed E-state index contributed by atoms with van der Waals surface area (Å²) < 4.78 is 12.2. The maximum atomic E-state index is 12.4.